The highest BCUT2D eigenvalue weighted by Crippen LogP contribution is 2.01. The van der Waals surface area contributed by atoms with Crippen molar-refractivity contribution in [3.05, 3.63) is 0 Å². The highest BCUT2D eigenvalue weighted by molar-refractivity contribution is 6.58. The number of ether oxygens (including phenoxy) is 1. The molecule has 1 heterocycles. The number of hydrogen-bond donors (Lipinski definition) is 0. The van der Waals surface area contributed by atoms with Crippen molar-refractivity contribution < 1.29 is 4.74 Å². The summed E-state index contributed by atoms with van der Waals surface area (Å²) >= 11 is 0. The van der Waals surface area contributed by atoms with Gasteiger partial charge in [-0.1, -0.05) is 38.9 Å². The molecule has 0 spiro atoms. The summed E-state index contributed by atoms with van der Waals surface area (Å²) in [5.41, 5.74) is 0. The van der Waals surface area contributed by atoms with Crippen molar-refractivity contribution in [2.75, 3.05) is 13.2 Å². The largest absolute Gasteiger partial charge is 0.381 e. The van der Waals surface area contributed by atoms with Crippen LogP contribution in [-0.2, 0) is 4.74 Å². The molecule has 1 nitrogen and oxygen atoms in total. The Morgan fingerprint density at radius 1 is 0.917 bits per heavy atom. The van der Waals surface area contributed by atoms with Gasteiger partial charge in [0.25, 0.3) is 0 Å². The van der Waals surface area contributed by atoms with Gasteiger partial charge in [-0.2, -0.15) is 0 Å². The third-order valence-electron chi connectivity index (χ3n) is 2.56. The predicted molar refractivity (Wildman–Crippen MR) is 58.6 cm³/mol. The minimum atomic E-state index is -0.171. The molecule has 0 radical (unpaired) electrons. The summed E-state index contributed by atoms with van der Waals surface area (Å²) in [7, 11) is -0.171. The SMILES string of the molecule is C1CCOC1.CC[SiH](CC)CC. The zero-order valence-electron chi connectivity index (χ0n) is 8.94. The van der Waals surface area contributed by atoms with E-state index in [1.54, 1.807) is 0 Å². The fourth-order valence-corrected chi connectivity index (χ4v) is 3.11. The molecule has 0 aliphatic carbocycles. The molecule has 0 N–H and O–H groups in total. The molecule has 1 aliphatic heterocycles. The van der Waals surface area contributed by atoms with Crippen LogP contribution in [0.3, 0.4) is 0 Å². The zero-order chi connectivity index (χ0) is 9.23. The highest BCUT2D eigenvalue weighted by atomic mass is 28.3. The average Bonchev–Trinajstić information content (AvgIpc) is 2.64. The highest BCUT2D eigenvalue weighted by Gasteiger charge is 1.98. The Kier molecular flexibility index (Phi) is 9.40. The molecule has 0 aromatic carbocycles. The van der Waals surface area contributed by atoms with Crippen LogP contribution in [0.1, 0.15) is 33.6 Å². The van der Waals surface area contributed by atoms with E-state index in [0.717, 1.165) is 13.2 Å². The molecule has 0 bridgehead atoms. The second kappa shape index (κ2) is 9.27. The Morgan fingerprint density at radius 3 is 1.42 bits per heavy atom. The van der Waals surface area contributed by atoms with E-state index in [1.807, 2.05) is 0 Å². The van der Waals surface area contributed by atoms with Crippen molar-refractivity contribution in [2.45, 2.75) is 51.7 Å². The van der Waals surface area contributed by atoms with E-state index in [1.165, 1.54) is 31.0 Å². The second-order valence-corrected chi connectivity index (χ2v) is 7.59. The van der Waals surface area contributed by atoms with Crippen molar-refractivity contribution >= 4 is 8.80 Å². The van der Waals surface area contributed by atoms with Crippen molar-refractivity contribution in [3.8, 4) is 0 Å². The van der Waals surface area contributed by atoms with E-state index < -0.39 is 0 Å². The summed E-state index contributed by atoms with van der Waals surface area (Å²) in [4.78, 5) is 0. The standard InChI is InChI=1S/C6H16Si.C4H8O/c1-4-7(5-2)6-3;1-2-4-5-3-1/h7H,4-6H2,1-3H3;1-4H2. The van der Waals surface area contributed by atoms with Gasteiger partial charge in [0.15, 0.2) is 0 Å². The van der Waals surface area contributed by atoms with E-state index in [9.17, 15) is 0 Å². The molecule has 1 fully saturated rings. The first-order valence-electron chi connectivity index (χ1n) is 5.42. The number of hydrogen-bond acceptors (Lipinski definition) is 1. The van der Waals surface area contributed by atoms with Crippen molar-refractivity contribution in [1.82, 2.24) is 0 Å². The Balaban J connectivity index is 0.000000211. The van der Waals surface area contributed by atoms with Crippen LogP contribution in [0.5, 0.6) is 0 Å². The molecule has 0 aromatic rings. The van der Waals surface area contributed by atoms with Crippen LogP contribution in [0.15, 0.2) is 0 Å². The minimum absolute atomic E-state index is 0.171. The number of rotatable bonds is 3. The maximum atomic E-state index is 4.94. The Hall–Kier alpha value is 0.177. The molecule has 1 rings (SSSR count). The molecular formula is C10H24OSi. The van der Waals surface area contributed by atoms with E-state index in [4.69, 9.17) is 4.74 Å². The van der Waals surface area contributed by atoms with Crippen LogP contribution in [-0.4, -0.2) is 22.0 Å². The Morgan fingerprint density at radius 2 is 1.33 bits per heavy atom. The summed E-state index contributed by atoms with van der Waals surface area (Å²) in [6, 6.07) is 4.48. The van der Waals surface area contributed by atoms with E-state index in [2.05, 4.69) is 20.8 Å². The summed E-state index contributed by atoms with van der Waals surface area (Å²) < 4.78 is 4.94. The van der Waals surface area contributed by atoms with Crippen LogP contribution in [0.2, 0.25) is 18.1 Å². The van der Waals surface area contributed by atoms with Crippen LogP contribution < -0.4 is 0 Å². The molecule has 1 aliphatic rings. The smallest absolute Gasteiger partial charge is 0.0466 e. The van der Waals surface area contributed by atoms with Gasteiger partial charge in [-0.15, -0.1) is 0 Å². The first kappa shape index (κ1) is 12.2. The maximum Gasteiger partial charge on any atom is 0.0466 e. The topological polar surface area (TPSA) is 9.23 Å². The third kappa shape index (κ3) is 6.86. The second-order valence-electron chi connectivity index (χ2n) is 3.41. The van der Waals surface area contributed by atoms with E-state index in [0.29, 0.717) is 0 Å². The van der Waals surface area contributed by atoms with Crippen LogP contribution in [0, 0.1) is 0 Å². The van der Waals surface area contributed by atoms with Gasteiger partial charge in [-0.3, -0.25) is 0 Å². The molecule has 1 saturated heterocycles. The Labute approximate surface area is 79.1 Å². The van der Waals surface area contributed by atoms with Crippen molar-refractivity contribution in [3.63, 3.8) is 0 Å². The molecule has 0 amide bonds. The molecule has 2 heteroatoms. The summed E-state index contributed by atoms with van der Waals surface area (Å²) in [5, 5.41) is 0. The lowest BCUT2D eigenvalue weighted by Crippen LogP contribution is -2.04. The van der Waals surface area contributed by atoms with Crippen LogP contribution in [0.25, 0.3) is 0 Å². The van der Waals surface area contributed by atoms with Gasteiger partial charge in [-0.25, -0.2) is 0 Å². The van der Waals surface area contributed by atoms with Gasteiger partial charge < -0.3 is 4.74 Å². The van der Waals surface area contributed by atoms with Gasteiger partial charge >= 0.3 is 0 Å². The summed E-state index contributed by atoms with van der Waals surface area (Å²) in [6.07, 6.45) is 2.56. The molecule has 0 atom stereocenters. The van der Waals surface area contributed by atoms with Gasteiger partial charge in [0, 0.05) is 22.0 Å². The summed E-state index contributed by atoms with van der Waals surface area (Å²) in [5.74, 6) is 0. The van der Waals surface area contributed by atoms with Crippen LogP contribution in [0.4, 0.5) is 0 Å². The van der Waals surface area contributed by atoms with Gasteiger partial charge in [0.05, 0.1) is 0 Å². The maximum absolute atomic E-state index is 4.94. The average molecular weight is 188 g/mol. The van der Waals surface area contributed by atoms with Gasteiger partial charge in [0.1, 0.15) is 0 Å². The molecular weight excluding hydrogens is 164 g/mol. The van der Waals surface area contributed by atoms with Crippen molar-refractivity contribution in [2.24, 2.45) is 0 Å². The first-order chi connectivity index (χ1) is 5.85. The summed E-state index contributed by atoms with van der Waals surface area (Å²) in [6.45, 7) is 8.97. The quantitative estimate of drug-likeness (QED) is 0.619. The predicted octanol–water partition coefficient (Wildman–Crippen LogP) is 3.07. The first-order valence-corrected chi connectivity index (χ1v) is 7.87. The molecule has 0 aromatic heterocycles. The molecule has 74 valence electrons. The third-order valence-corrected chi connectivity index (χ3v) is 6.02. The van der Waals surface area contributed by atoms with Gasteiger partial charge in [-0.05, 0) is 12.8 Å². The molecule has 0 unspecified atom stereocenters. The van der Waals surface area contributed by atoms with Crippen LogP contribution >= 0.6 is 0 Å². The lowest BCUT2D eigenvalue weighted by Gasteiger charge is -2.03. The van der Waals surface area contributed by atoms with Gasteiger partial charge in [0.2, 0.25) is 0 Å². The minimum Gasteiger partial charge on any atom is -0.381 e. The van der Waals surface area contributed by atoms with E-state index >= 15 is 0 Å². The monoisotopic (exact) mass is 188 g/mol. The fourth-order valence-electron chi connectivity index (χ4n) is 1.38. The van der Waals surface area contributed by atoms with Crippen molar-refractivity contribution in [1.29, 1.82) is 0 Å². The zero-order valence-corrected chi connectivity index (χ0v) is 10.1. The lowest BCUT2D eigenvalue weighted by atomic mass is 10.4. The normalized spacial score (nSPS) is 16.0. The molecule has 12 heavy (non-hydrogen) atoms. The molecule has 0 saturated carbocycles. The Bertz CT molecular complexity index is 64.8. The fraction of sp³-hybridized carbons (Fsp3) is 1.00. The lowest BCUT2D eigenvalue weighted by molar-refractivity contribution is 0.198. The van der Waals surface area contributed by atoms with E-state index in [-0.39, 0.29) is 8.80 Å².